The number of carbonyl (C=O) groups excluding carboxylic acids is 1. The molecule has 7 nitrogen and oxygen atoms in total. The second kappa shape index (κ2) is 11.0. The van der Waals surface area contributed by atoms with Gasteiger partial charge < -0.3 is 10.1 Å². The van der Waals surface area contributed by atoms with Crippen molar-refractivity contribution in [1.29, 1.82) is 0 Å². The topological polar surface area (TPSA) is 80.5 Å². The number of amides is 1. The minimum Gasteiger partial charge on any atom is -0.495 e. The average Bonchev–Trinajstić information content (AvgIpc) is 3.06. The number of benzene rings is 2. The summed E-state index contributed by atoms with van der Waals surface area (Å²) < 4.78 is 7.46. The maximum atomic E-state index is 12.9. The third-order valence-corrected chi connectivity index (χ3v) is 5.62. The van der Waals surface area contributed by atoms with Crippen LogP contribution in [0.15, 0.2) is 47.5 Å². The molecule has 1 aromatic heterocycles. The van der Waals surface area contributed by atoms with E-state index in [0.29, 0.717) is 40.9 Å². The minimum absolute atomic E-state index is 0.304. The van der Waals surface area contributed by atoms with Crippen LogP contribution < -0.4 is 15.4 Å². The number of hydrogen-bond acceptors (Lipinski definition) is 4. The standard InChI is InChI=1S/C25H30ClN5O2/c1-6-31-18(4)21(17(3)30-31)12-13-27-25(28-22-14-16(2)10-11-23(22)33-5)29-24(32)19-8-7-9-20(26)15-19/h7-11,14-15H,6,12-13H2,1-5H3,(H2,27,28,29,32). The highest BCUT2D eigenvalue weighted by molar-refractivity contribution is 6.31. The first kappa shape index (κ1) is 24.3. The van der Waals surface area contributed by atoms with Gasteiger partial charge in [0, 0.05) is 29.4 Å². The van der Waals surface area contributed by atoms with Gasteiger partial charge in [-0.05, 0) is 75.6 Å². The van der Waals surface area contributed by atoms with Gasteiger partial charge in [0.1, 0.15) is 5.75 Å². The molecule has 2 aromatic carbocycles. The number of halogens is 1. The first-order chi connectivity index (χ1) is 15.8. The van der Waals surface area contributed by atoms with Crippen LogP contribution in [0, 0.1) is 20.8 Å². The normalized spacial score (nSPS) is 11.4. The molecule has 0 saturated heterocycles. The molecule has 3 rings (SSSR count). The van der Waals surface area contributed by atoms with Gasteiger partial charge in [0.15, 0.2) is 0 Å². The molecule has 0 unspecified atom stereocenters. The minimum atomic E-state index is -0.304. The van der Waals surface area contributed by atoms with Gasteiger partial charge in [0.25, 0.3) is 5.91 Å². The molecule has 1 amide bonds. The molecule has 0 spiro atoms. The number of ether oxygens (including phenoxy) is 1. The van der Waals surface area contributed by atoms with Crippen molar-refractivity contribution in [2.45, 2.75) is 40.7 Å². The van der Waals surface area contributed by atoms with E-state index >= 15 is 0 Å². The van der Waals surface area contributed by atoms with E-state index in [0.717, 1.165) is 23.5 Å². The summed E-state index contributed by atoms with van der Waals surface area (Å²) in [4.78, 5) is 17.5. The number of nitrogens with one attached hydrogen (secondary N) is 2. The van der Waals surface area contributed by atoms with Crippen LogP contribution >= 0.6 is 11.6 Å². The zero-order chi connectivity index (χ0) is 24.0. The summed E-state index contributed by atoms with van der Waals surface area (Å²) >= 11 is 6.06. The highest BCUT2D eigenvalue weighted by Crippen LogP contribution is 2.25. The summed E-state index contributed by atoms with van der Waals surface area (Å²) in [5.41, 5.74) is 5.54. The number of guanidine groups is 1. The van der Waals surface area contributed by atoms with E-state index in [4.69, 9.17) is 16.3 Å². The lowest BCUT2D eigenvalue weighted by Gasteiger charge is -2.15. The van der Waals surface area contributed by atoms with Crippen LogP contribution in [0.25, 0.3) is 0 Å². The zero-order valence-corrected chi connectivity index (χ0v) is 20.5. The average molecular weight is 468 g/mol. The molecule has 0 aliphatic rings. The molecule has 3 aromatic rings. The van der Waals surface area contributed by atoms with Crippen LogP contribution in [0.3, 0.4) is 0 Å². The zero-order valence-electron chi connectivity index (χ0n) is 19.7. The van der Waals surface area contributed by atoms with E-state index in [-0.39, 0.29) is 5.91 Å². The Morgan fingerprint density at radius 1 is 1.18 bits per heavy atom. The molecular formula is C25H30ClN5O2. The smallest absolute Gasteiger partial charge is 0.258 e. The van der Waals surface area contributed by atoms with Gasteiger partial charge in [-0.25, -0.2) is 0 Å². The lowest BCUT2D eigenvalue weighted by atomic mass is 10.1. The molecule has 0 aliphatic heterocycles. The van der Waals surface area contributed by atoms with Gasteiger partial charge in [-0.1, -0.05) is 23.7 Å². The SMILES string of the molecule is CCn1nc(C)c(CCN=C(NC(=O)c2cccc(Cl)c2)Nc2cc(C)ccc2OC)c1C. The van der Waals surface area contributed by atoms with Gasteiger partial charge in [0.05, 0.1) is 18.5 Å². The number of methoxy groups -OCH3 is 1. The van der Waals surface area contributed by atoms with Crippen LogP contribution in [-0.4, -0.2) is 35.3 Å². The Hall–Kier alpha value is -3.32. The Balaban J connectivity index is 1.85. The van der Waals surface area contributed by atoms with Crippen molar-refractivity contribution >= 4 is 29.2 Å². The van der Waals surface area contributed by atoms with Crippen molar-refractivity contribution in [2.24, 2.45) is 4.99 Å². The lowest BCUT2D eigenvalue weighted by molar-refractivity contribution is 0.0977. The predicted molar refractivity (Wildman–Crippen MR) is 134 cm³/mol. The molecular weight excluding hydrogens is 438 g/mol. The van der Waals surface area contributed by atoms with Crippen molar-refractivity contribution in [3.05, 3.63) is 75.6 Å². The molecule has 0 bridgehead atoms. The third-order valence-electron chi connectivity index (χ3n) is 5.39. The molecule has 0 fully saturated rings. The van der Waals surface area contributed by atoms with Crippen molar-refractivity contribution in [2.75, 3.05) is 19.0 Å². The molecule has 33 heavy (non-hydrogen) atoms. The Kier molecular flexibility index (Phi) is 8.11. The van der Waals surface area contributed by atoms with E-state index < -0.39 is 0 Å². The van der Waals surface area contributed by atoms with Crippen LogP contribution in [-0.2, 0) is 13.0 Å². The Morgan fingerprint density at radius 3 is 2.64 bits per heavy atom. The summed E-state index contributed by atoms with van der Waals surface area (Å²) in [6.07, 6.45) is 0.709. The van der Waals surface area contributed by atoms with E-state index in [9.17, 15) is 4.79 Å². The predicted octanol–water partition coefficient (Wildman–Crippen LogP) is 4.93. The number of anilines is 1. The van der Waals surface area contributed by atoms with Crippen LogP contribution in [0.4, 0.5) is 5.69 Å². The number of carbonyl (C=O) groups is 1. The molecule has 0 aliphatic carbocycles. The summed E-state index contributed by atoms with van der Waals surface area (Å²) in [6, 6.07) is 12.6. The Morgan fingerprint density at radius 2 is 1.97 bits per heavy atom. The Labute approximate surface area is 199 Å². The number of nitrogens with zero attached hydrogens (tertiary/aromatic N) is 3. The molecule has 0 saturated carbocycles. The number of aromatic nitrogens is 2. The summed E-state index contributed by atoms with van der Waals surface area (Å²) in [5, 5.41) is 11.2. The number of aryl methyl sites for hydroxylation is 3. The molecule has 1 heterocycles. The maximum absolute atomic E-state index is 12.9. The van der Waals surface area contributed by atoms with Gasteiger partial charge in [-0.15, -0.1) is 0 Å². The monoisotopic (exact) mass is 467 g/mol. The van der Waals surface area contributed by atoms with Crippen molar-refractivity contribution in [1.82, 2.24) is 15.1 Å². The molecule has 8 heteroatoms. The quantitative estimate of drug-likeness (QED) is 0.381. The molecule has 0 atom stereocenters. The van der Waals surface area contributed by atoms with E-state index in [1.807, 2.05) is 36.7 Å². The maximum Gasteiger partial charge on any atom is 0.258 e. The fraction of sp³-hybridized carbons (Fsp3) is 0.320. The molecule has 2 N–H and O–H groups in total. The second-order valence-corrected chi connectivity index (χ2v) is 8.18. The van der Waals surface area contributed by atoms with E-state index in [1.165, 1.54) is 5.56 Å². The fourth-order valence-corrected chi connectivity index (χ4v) is 3.84. The second-order valence-electron chi connectivity index (χ2n) is 7.74. The highest BCUT2D eigenvalue weighted by Gasteiger charge is 2.14. The number of aliphatic imine (C=N–C) groups is 1. The highest BCUT2D eigenvalue weighted by atomic mass is 35.5. The van der Waals surface area contributed by atoms with Crippen LogP contribution in [0.2, 0.25) is 5.02 Å². The largest absolute Gasteiger partial charge is 0.495 e. The summed E-state index contributed by atoms with van der Waals surface area (Å²) in [5.74, 6) is 0.685. The molecule has 0 radical (unpaired) electrons. The van der Waals surface area contributed by atoms with E-state index in [2.05, 4.69) is 34.6 Å². The number of rotatable bonds is 7. The lowest BCUT2D eigenvalue weighted by Crippen LogP contribution is -2.36. The summed E-state index contributed by atoms with van der Waals surface area (Å²) in [6.45, 7) is 9.44. The Bertz CT molecular complexity index is 1170. The van der Waals surface area contributed by atoms with Gasteiger partial charge in [0.2, 0.25) is 5.96 Å². The van der Waals surface area contributed by atoms with Crippen LogP contribution in [0.1, 0.15) is 39.8 Å². The molecule has 174 valence electrons. The first-order valence-electron chi connectivity index (χ1n) is 10.9. The van der Waals surface area contributed by atoms with Crippen molar-refractivity contribution < 1.29 is 9.53 Å². The van der Waals surface area contributed by atoms with Crippen LogP contribution in [0.5, 0.6) is 5.75 Å². The van der Waals surface area contributed by atoms with Gasteiger partial charge in [-0.2, -0.15) is 5.10 Å². The van der Waals surface area contributed by atoms with Crippen molar-refractivity contribution in [3.8, 4) is 5.75 Å². The fourth-order valence-electron chi connectivity index (χ4n) is 3.65. The summed E-state index contributed by atoms with van der Waals surface area (Å²) in [7, 11) is 1.61. The van der Waals surface area contributed by atoms with E-state index in [1.54, 1.807) is 31.4 Å². The van der Waals surface area contributed by atoms with Gasteiger partial charge >= 0.3 is 0 Å². The first-order valence-corrected chi connectivity index (χ1v) is 11.3. The number of hydrogen-bond donors (Lipinski definition) is 2. The third kappa shape index (κ3) is 6.14. The van der Waals surface area contributed by atoms with Gasteiger partial charge in [-0.3, -0.25) is 19.8 Å². The van der Waals surface area contributed by atoms with Crippen molar-refractivity contribution in [3.63, 3.8) is 0 Å².